The second-order valence-electron chi connectivity index (χ2n) is 5.89. The molecule has 0 spiro atoms. The van der Waals surface area contributed by atoms with Crippen LogP contribution >= 0.6 is 0 Å². The topological polar surface area (TPSA) is 127 Å². The number of nitrogens with zero attached hydrogens (tertiary/aromatic N) is 3. The van der Waals surface area contributed by atoms with Gasteiger partial charge in [-0.2, -0.15) is 0 Å². The monoisotopic (exact) mass is 351 g/mol. The number of nitrogen functional groups attached to an aromatic ring is 1. The Hall–Kier alpha value is -3.75. The number of hydrogen-bond donors (Lipinski definition) is 2. The first-order valence-electron chi connectivity index (χ1n) is 7.74. The molecule has 0 saturated carbocycles. The molecular weight excluding hydrogens is 338 g/mol. The first-order valence-corrected chi connectivity index (χ1v) is 7.74. The number of hydrogen-bond acceptors (Lipinski definition) is 6. The van der Waals surface area contributed by atoms with Crippen molar-refractivity contribution in [1.29, 1.82) is 0 Å². The van der Waals surface area contributed by atoms with Gasteiger partial charge in [0.2, 0.25) is 0 Å². The molecule has 0 bridgehead atoms. The Balaban J connectivity index is 1.89. The predicted octanol–water partition coefficient (Wildman–Crippen LogP) is 0.0683. The average Bonchev–Trinajstić information content (AvgIpc) is 3.06. The minimum Gasteiger partial charge on any atom is -0.384 e. The van der Waals surface area contributed by atoms with Gasteiger partial charge in [-0.15, -0.1) is 0 Å². The quantitative estimate of drug-likeness (QED) is 0.740. The van der Waals surface area contributed by atoms with Crippen molar-refractivity contribution in [2.75, 3.05) is 17.2 Å². The number of aliphatic imine (C=N–C) groups is 1. The molecule has 3 amide bonds. The fourth-order valence-electron chi connectivity index (χ4n) is 3.15. The Morgan fingerprint density at radius 3 is 2.50 bits per heavy atom. The Kier molecular flexibility index (Phi) is 3.26. The van der Waals surface area contributed by atoms with Crippen molar-refractivity contribution in [3.05, 3.63) is 51.8 Å². The number of imide groups is 1. The lowest BCUT2D eigenvalue weighted by molar-refractivity contribution is -0.115. The van der Waals surface area contributed by atoms with Crippen LogP contribution in [0.15, 0.2) is 40.1 Å². The number of fused-ring (bicyclic) bond motifs is 1. The smallest absolute Gasteiger partial charge is 0.262 e. The lowest BCUT2D eigenvalue weighted by Gasteiger charge is -2.18. The molecule has 2 aromatic rings. The zero-order valence-corrected chi connectivity index (χ0v) is 13.6. The third kappa shape index (κ3) is 2.14. The van der Waals surface area contributed by atoms with E-state index in [1.165, 1.54) is 4.90 Å². The number of carbonyl (C=O) groups is 3. The molecule has 3 heterocycles. The van der Waals surface area contributed by atoms with E-state index in [4.69, 9.17) is 5.73 Å². The van der Waals surface area contributed by atoms with Crippen LogP contribution in [0, 0.1) is 0 Å². The van der Waals surface area contributed by atoms with Crippen LogP contribution in [-0.2, 0) is 4.79 Å². The highest BCUT2D eigenvalue weighted by Gasteiger charge is 2.32. The molecule has 0 atom stereocenters. The highest BCUT2D eigenvalue weighted by molar-refractivity contribution is 6.23. The Labute approximate surface area is 146 Å². The lowest BCUT2D eigenvalue weighted by atomic mass is 10.1. The van der Waals surface area contributed by atoms with Crippen molar-refractivity contribution in [3.63, 3.8) is 0 Å². The molecule has 0 fully saturated rings. The van der Waals surface area contributed by atoms with Crippen molar-refractivity contribution >= 4 is 35.1 Å². The zero-order valence-electron chi connectivity index (χ0n) is 13.6. The van der Waals surface area contributed by atoms with Crippen LogP contribution in [0.5, 0.6) is 0 Å². The number of carbonyl (C=O) groups excluding carboxylic acids is 3. The van der Waals surface area contributed by atoms with Gasteiger partial charge in [0.1, 0.15) is 18.2 Å². The molecule has 3 N–H and O–H groups in total. The van der Waals surface area contributed by atoms with Crippen molar-refractivity contribution in [1.82, 2.24) is 9.88 Å². The van der Waals surface area contributed by atoms with E-state index in [2.05, 4.69) is 10.3 Å². The van der Waals surface area contributed by atoms with Gasteiger partial charge in [0.15, 0.2) is 0 Å². The number of amides is 3. The molecule has 9 heteroatoms. The lowest BCUT2D eigenvalue weighted by Crippen LogP contribution is -2.31. The maximum Gasteiger partial charge on any atom is 0.262 e. The molecule has 0 aliphatic carbocycles. The molecule has 1 aromatic carbocycles. The predicted molar refractivity (Wildman–Crippen MR) is 93.7 cm³/mol. The van der Waals surface area contributed by atoms with E-state index >= 15 is 0 Å². The molecule has 2 aliphatic heterocycles. The zero-order chi connectivity index (χ0) is 18.6. The third-order valence-electron chi connectivity index (χ3n) is 4.32. The van der Waals surface area contributed by atoms with Crippen LogP contribution in [0.1, 0.15) is 27.6 Å². The van der Waals surface area contributed by atoms with Crippen LogP contribution in [-0.4, -0.2) is 34.7 Å². The Morgan fingerprint density at radius 2 is 1.81 bits per heavy atom. The number of aromatic nitrogens is 1. The van der Waals surface area contributed by atoms with E-state index in [-0.39, 0.29) is 29.4 Å². The van der Waals surface area contributed by atoms with E-state index in [0.29, 0.717) is 17.2 Å². The summed E-state index contributed by atoms with van der Waals surface area (Å²) in [5.74, 6) is -1.06. The normalized spacial score (nSPS) is 16.0. The second-order valence-corrected chi connectivity index (χ2v) is 5.89. The van der Waals surface area contributed by atoms with Crippen LogP contribution in [0.2, 0.25) is 0 Å². The third-order valence-corrected chi connectivity index (χ3v) is 4.32. The van der Waals surface area contributed by atoms with Gasteiger partial charge < -0.3 is 5.73 Å². The molecule has 0 radical (unpaired) electrons. The standard InChI is InChI=1S/C17H13N5O4/c1-8-19-7-13(24)21(8)9-3-2-4-10(5-9)22-12(23)6-11-14(15(22)18)17(26)20-16(11)25/h2-6H,7,18H2,1H3,(H,20,25,26). The minimum atomic E-state index is -0.649. The second kappa shape index (κ2) is 5.38. The molecule has 9 nitrogen and oxygen atoms in total. The number of benzene rings is 1. The molecule has 130 valence electrons. The largest absolute Gasteiger partial charge is 0.384 e. The van der Waals surface area contributed by atoms with Crippen LogP contribution in [0.3, 0.4) is 0 Å². The number of anilines is 2. The van der Waals surface area contributed by atoms with Crippen molar-refractivity contribution < 1.29 is 14.4 Å². The van der Waals surface area contributed by atoms with E-state index in [1.54, 1.807) is 31.2 Å². The van der Waals surface area contributed by atoms with Crippen LogP contribution in [0.25, 0.3) is 5.69 Å². The molecule has 4 rings (SSSR count). The van der Waals surface area contributed by atoms with Gasteiger partial charge in [-0.05, 0) is 25.1 Å². The Morgan fingerprint density at radius 1 is 1.08 bits per heavy atom. The number of pyridine rings is 1. The molecule has 26 heavy (non-hydrogen) atoms. The van der Waals surface area contributed by atoms with Gasteiger partial charge in [-0.1, -0.05) is 6.07 Å². The summed E-state index contributed by atoms with van der Waals surface area (Å²) in [4.78, 5) is 53.7. The SMILES string of the molecule is CC1=NCC(=O)N1c1cccc(-n2c(N)c3c(cc2=O)C(=O)NC3=O)c1. The highest BCUT2D eigenvalue weighted by atomic mass is 16.2. The van der Waals surface area contributed by atoms with Crippen molar-refractivity contribution in [2.24, 2.45) is 4.99 Å². The van der Waals surface area contributed by atoms with E-state index in [1.807, 2.05) is 0 Å². The Bertz CT molecular complexity index is 1100. The average molecular weight is 351 g/mol. The summed E-state index contributed by atoms with van der Waals surface area (Å²) in [6, 6.07) is 7.66. The number of rotatable bonds is 2. The summed E-state index contributed by atoms with van der Waals surface area (Å²) in [5.41, 5.74) is 6.29. The maximum absolute atomic E-state index is 12.5. The van der Waals surface area contributed by atoms with Gasteiger partial charge in [-0.25, -0.2) is 0 Å². The van der Waals surface area contributed by atoms with Gasteiger partial charge in [0, 0.05) is 6.07 Å². The first-order chi connectivity index (χ1) is 12.4. The van der Waals surface area contributed by atoms with Crippen LogP contribution in [0.4, 0.5) is 11.5 Å². The van der Waals surface area contributed by atoms with Gasteiger partial charge in [0.25, 0.3) is 23.3 Å². The molecular formula is C17H13N5O4. The van der Waals surface area contributed by atoms with Gasteiger partial charge in [-0.3, -0.25) is 39.0 Å². The summed E-state index contributed by atoms with van der Waals surface area (Å²) in [5, 5.41) is 2.12. The summed E-state index contributed by atoms with van der Waals surface area (Å²) < 4.78 is 1.13. The van der Waals surface area contributed by atoms with Crippen molar-refractivity contribution in [2.45, 2.75) is 6.92 Å². The maximum atomic E-state index is 12.5. The minimum absolute atomic E-state index is 0.0324. The van der Waals surface area contributed by atoms with Gasteiger partial charge in [0.05, 0.1) is 22.5 Å². The molecule has 0 saturated heterocycles. The summed E-state index contributed by atoms with van der Waals surface area (Å²) in [6.07, 6.45) is 0. The molecule has 0 unspecified atom stereocenters. The highest BCUT2D eigenvalue weighted by Crippen LogP contribution is 2.26. The number of nitrogens with one attached hydrogen (secondary N) is 1. The molecule has 1 aromatic heterocycles. The van der Waals surface area contributed by atoms with E-state index in [9.17, 15) is 19.2 Å². The van der Waals surface area contributed by atoms with Crippen molar-refractivity contribution in [3.8, 4) is 5.69 Å². The van der Waals surface area contributed by atoms with Crippen LogP contribution < -0.4 is 21.5 Å². The fourth-order valence-corrected chi connectivity index (χ4v) is 3.15. The van der Waals surface area contributed by atoms with E-state index < -0.39 is 17.4 Å². The number of nitrogens with two attached hydrogens (primary N) is 1. The van der Waals surface area contributed by atoms with Gasteiger partial charge >= 0.3 is 0 Å². The summed E-state index contributed by atoms with van der Waals surface area (Å²) >= 11 is 0. The fraction of sp³-hybridized carbons (Fsp3) is 0.118. The first kappa shape index (κ1) is 15.8. The number of amidine groups is 1. The molecule has 2 aliphatic rings. The summed E-state index contributed by atoms with van der Waals surface area (Å²) in [7, 11) is 0. The van der Waals surface area contributed by atoms with E-state index in [0.717, 1.165) is 10.6 Å². The summed E-state index contributed by atoms with van der Waals surface area (Å²) in [6.45, 7) is 1.78.